The number of nitrogens with zero attached hydrogens (tertiary/aromatic N) is 5. The number of carbonyl (C=O) groups is 1. The Bertz CT molecular complexity index is 2320. The molecule has 3 aliphatic carbocycles. The molecule has 6 aliphatic rings. The summed E-state index contributed by atoms with van der Waals surface area (Å²) in [4.78, 5) is 24.7. The van der Waals surface area contributed by atoms with Gasteiger partial charge >= 0.3 is 0 Å². The number of rotatable bonds is 3. The molecule has 4 heterocycles. The van der Waals surface area contributed by atoms with Crippen molar-refractivity contribution in [3.8, 4) is 0 Å². The van der Waals surface area contributed by atoms with Crippen molar-refractivity contribution >= 4 is 60.3 Å². The average molecular weight is 1300 g/mol. The Kier molecular flexibility index (Phi) is 47.1. The smallest absolute Gasteiger partial charge is 0.251 e. The fourth-order valence-corrected chi connectivity index (χ4v) is 9.05. The predicted octanol–water partition coefficient (Wildman–Crippen LogP) is 20.0. The van der Waals surface area contributed by atoms with Crippen molar-refractivity contribution in [3.05, 3.63) is 169 Å². The van der Waals surface area contributed by atoms with Crippen LogP contribution in [0.25, 0.3) is 10.9 Å². The first kappa shape index (κ1) is 79.2. The number of benzene rings is 4. The van der Waals surface area contributed by atoms with Crippen LogP contribution in [0.2, 0.25) is 5.02 Å². The normalized spacial score (nSPS) is 17.3. The maximum Gasteiger partial charge on any atom is 0.251 e. The number of piperidine rings is 1. The molecule has 11 rings (SSSR count). The van der Waals surface area contributed by atoms with Gasteiger partial charge in [-0.05, 0) is 210 Å². The first-order valence-corrected chi connectivity index (χ1v) is 32.8. The van der Waals surface area contributed by atoms with Crippen LogP contribution < -0.4 is 5.32 Å². The summed E-state index contributed by atoms with van der Waals surface area (Å²) in [6, 6.07) is 36.3. The maximum atomic E-state index is 11.5. The number of likely N-dealkylation sites (N-methyl/N-ethyl adjacent to an activating group) is 2. The van der Waals surface area contributed by atoms with E-state index < -0.39 is 5.92 Å². The van der Waals surface area contributed by atoms with E-state index >= 15 is 0 Å². The molecule has 1 N–H and O–H groups in total. The Morgan fingerprint density at radius 2 is 1.07 bits per heavy atom. The van der Waals surface area contributed by atoms with Crippen molar-refractivity contribution in [2.45, 2.75) is 172 Å². The van der Waals surface area contributed by atoms with E-state index in [2.05, 4.69) is 173 Å². The van der Waals surface area contributed by atoms with Gasteiger partial charge in [-0.2, -0.15) is 0 Å². The summed E-state index contributed by atoms with van der Waals surface area (Å²) in [7, 11) is 8.71. The highest BCUT2D eigenvalue weighted by atomic mass is 79.9. The second-order valence-electron chi connectivity index (χ2n) is 21.7. The number of carbonyl (C=O) groups excluding carboxylic acids is 1. The van der Waals surface area contributed by atoms with Gasteiger partial charge in [0.15, 0.2) is 0 Å². The van der Waals surface area contributed by atoms with Crippen LogP contribution in [-0.2, 0) is 11.3 Å². The molecule has 1 unspecified atom stereocenters. The number of aromatic nitrogens is 1. The molecule has 1 saturated carbocycles. The number of hydrogen-bond acceptors (Lipinski definition) is 6. The zero-order valence-corrected chi connectivity index (χ0v) is 58.1. The number of allylic oxidation sites excluding steroid dienone is 4. The highest BCUT2D eigenvalue weighted by molar-refractivity contribution is 9.11. The molecule has 4 fully saturated rings. The fourth-order valence-electron chi connectivity index (χ4n) is 8.09. The zero-order valence-electron chi connectivity index (χ0n) is 54.2. The van der Waals surface area contributed by atoms with E-state index in [0.29, 0.717) is 18.0 Å². The third-order valence-electron chi connectivity index (χ3n) is 13.9. The Hall–Kier alpha value is -3.81. The van der Waals surface area contributed by atoms with Gasteiger partial charge in [-0.15, -0.1) is 0 Å². The molecule has 1 aromatic heterocycles. The van der Waals surface area contributed by atoms with Crippen LogP contribution in [-0.4, -0.2) is 117 Å². The predicted molar refractivity (Wildman–Crippen MR) is 368 cm³/mol. The number of nitrogens with one attached hydrogen (secondary N) is 1. The van der Waals surface area contributed by atoms with Gasteiger partial charge in [0.25, 0.3) is 5.92 Å². The minimum Gasteiger partial charge on any atom is -0.352 e. The minimum atomic E-state index is -2.29. The van der Waals surface area contributed by atoms with Gasteiger partial charge in [-0.25, -0.2) is 8.78 Å². The molecule has 1 atom stereocenters. The van der Waals surface area contributed by atoms with Gasteiger partial charge in [-0.3, -0.25) is 9.78 Å². The molecule has 3 aliphatic heterocycles. The number of hydrogen-bond donors (Lipinski definition) is 1. The van der Waals surface area contributed by atoms with Crippen LogP contribution in [0.5, 0.6) is 0 Å². The zero-order chi connectivity index (χ0) is 62.4. The van der Waals surface area contributed by atoms with Gasteiger partial charge in [0.2, 0.25) is 5.91 Å². The molecule has 7 nitrogen and oxygen atoms in total. The lowest BCUT2D eigenvalue weighted by atomic mass is 10.1. The Labute approximate surface area is 527 Å². The van der Waals surface area contributed by atoms with E-state index in [1.165, 1.54) is 150 Å². The maximum absolute atomic E-state index is 11.5. The lowest BCUT2D eigenvalue weighted by molar-refractivity contribution is -0.120. The molecule has 0 bridgehead atoms. The number of amides is 1. The van der Waals surface area contributed by atoms with Crippen molar-refractivity contribution in [2.24, 2.45) is 5.92 Å². The number of piperazine rings is 1. The summed E-state index contributed by atoms with van der Waals surface area (Å²) < 4.78 is 25.5. The van der Waals surface area contributed by atoms with Crippen LogP contribution in [0.3, 0.4) is 0 Å². The van der Waals surface area contributed by atoms with E-state index in [4.69, 9.17) is 11.6 Å². The van der Waals surface area contributed by atoms with Crippen LogP contribution >= 0.6 is 43.5 Å². The summed E-state index contributed by atoms with van der Waals surface area (Å²) in [5.41, 5.74) is 9.14. The standard InChI is InChI=1S/C10H8BrN.C10H12ClNO.2C7H8.C6H9Br.C6H14N2.C6H13N.C6H10.C5H11N.C4H6F2.2C2H6/c1-7-2-3-10-8(4-7)5-9(11)6-12-10;1-2-10(13)12-7-8-3-5-9(11)6-4-8;2*1-7-5-3-2-4-6-7;1-5-3-2-4-6(5)7;1-7-3-5-8(2)6-4-7;1-7-5-3-2-4-6-7;2*1-6-4-2-3-5-6;1-3-2-4(3,5)6;2*1-2/h2-6H,1H3;3-6H,2,7H2,1H3,(H,12,13);2*2-6H,1H3;2-4H2,1H3;3-6H2,1-2H3;2-6H2,1H3;4H,2-3,5H2,1H3;2-5H2,1H3;3H,2H2,1H3;2*1-2H3. The molecule has 1 amide bonds. The van der Waals surface area contributed by atoms with Crippen LogP contribution in [0.1, 0.15) is 161 Å². The Balaban J connectivity index is 0.000000904. The molecule has 466 valence electrons. The lowest BCUT2D eigenvalue weighted by Crippen LogP contribution is -2.42. The molecule has 12 heteroatoms. The number of fused-ring (bicyclic) bond motifs is 1. The van der Waals surface area contributed by atoms with Crippen molar-refractivity contribution in [2.75, 3.05) is 80.5 Å². The largest absolute Gasteiger partial charge is 0.352 e. The first-order valence-electron chi connectivity index (χ1n) is 30.8. The number of halogens is 5. The average Bonchev–Trinajstić information content (AvgIpc) is 4.25. The summed E-state index contributed by atoms with van der Waals surface area (Å²) >= 11 is 12.6. The molecule has 4 aromatic carbocycles. The number of alkyl halides is 2. The van der Waals surface area contributed by atoms with Crippen molar-refractivity contribution < 1.29 is 13.6 Å². The van der Waals surface area contributed by atoms with Crippen molar-refractivity contribution in [1.29, 1.82) is 0 Å². The fraction of sp³-hybridized carbons (Fsp3) is 0.549. The first-order chi connectivity index (χ1) is 39.7. The molecular formula is C71H111Br2ClF2N6O. The van der Waals surface area contributed by atoms with Crippen LogP contribution in [0.15, 0.2) is 142 Å². The van der Waals surface area contributed by atoms with E-state index in [1.54, 1.807) is 18.1 Å². The highest BCUT2D eigenvalue weighted by Crippen LogP contribution is 2.47. The van der Waals surface area contributed by atoms with Gasteiger partial charge in [0.05, 0.1) is 5.52 Å². The SMILES string of the molecule is CC.CC.CC1=C(Br)CCC1.CC1=CCCC1.CC1CC1(F)F.CCC(=O)NCc1ccc(Cl)cc1.CN1CCCC1.CN1CCCCC1.CN1CCN(C)CC1.Cc1ccc2ncc(Br)cc2c1.Cc1ccccc1.Cc1ccccc1. The quantitative estimate of drug-likeness (QED) is 0.182. The van der Waals surface area contributed by atoms with Gasteiger partial charge in [-0.1, -0.05) is 188 Å². The molecule has 83 heavy (non-hydrogen) atoms. The Morgan fingerprint density at radius 1 is 0.614 bits per heavy atom. The van der Waals surface area contributed by atoms with E-state index in [0.717, 1.165) is 15.6 Å². The number of pyridine rings is 1. The summed E-state index contributed by atoms with van der Waals surface area (Å²) in [5, 5.41) is 4.68. The third kappa shape index (κ3) is 43.5. The molecule has 3 saturated heterocycles. The summed E-state index contributed by atoms with van der Waals surface area (Å²) in [5.74, 6) is -2.56. The number of aryl methyl sites for hydroxylation is 3. The number of likely N-dealkylation sites (tertiary alicyclic amines) is 2. The second kappa shape index (κ2) is 49.3. The topological polar surface area (TPSA) is 55.0 Å². The molecule has 0 radical (unpaired) electrons. The van der Waals surface area contributed by atoms with Crippen LogP contribution in [0.4, 0.5) is 8.78 Å². The second-order valence-corrected chi connectivity index (χ2v) is 24.1. The molecule has 5 aromatic rings. The van der Waals surface area contributed by atoms with Gasteiger partial charge < -0.3 is 24.9 Å². The molecular weight excluding hydrogens is 1190 g/mol. The van der Waals surface area contributed by atoms with Gasteiger partial charge in [0.1, 0.15) is 0 Å². The highest BCUT2D eigenvalue weighted by Gasteiger charge is 2.53. The van der Waals surface area contributed by atoms with E-state index in [9.17, 15) is 13.6 Å². The third-order valence-corrected chi connectivity index (χ3v) is 15.6. The van der Waals surface area contributed by atoms with E-state index in [1.807, 2.05) is 108 Å². The van der Waals surface area contributed by atoms with Crippen molar-refractivity contribution in [3.63, 3.8) is 0 Å². The minimum absolute atomic E-state index is 0.0648. The molecule has 0 spiro atoms. The van der Waals surface area contributed by atoms with Crippen molar-refractivity contribution in [1.82, 2.24) is 29.9 Å². The van der Waals surface area contributed by atoms with Gasteiger partial charge in [0, 0.05) is 72.6 Å². The Morgan fingerprint density at radius 3 is 1.37 bits per heavy atom. The summed E-state index contributed by atoms with van der Waals surface area (Å²) in [6.45, 7) is 32.8. The lowest BCUT2D eigenvalue weighted by Gasteiger charge is -2.28. The summed E-state index contributed by atoms with van der Waals surface area (Å²) in [6.07, 6.45) is 19.9. The van der Waals surface area contributed by atoms with E-state index in [-0.39, 0.29) is 18.2 Å². The van der Waals surface area contributed by atoms with Crippen LogP contribution in [0, 0.1) is 26.7 Å². The monoisotopic (exact) mass is 1290 g/mol.